The summed E-state index contributed by atoms with van der Waals surface area (Å²) >= 11 is 0. The Morgan fingerprint density at radius 3 is 2.57 bits per heavy atom. The van der Waals surface area contributed by atoms with Crippen molar-refractivity contribution >= 4 is 11.6 Å². The first-order valence-corrected chi connectivity index (χ1v) is 9.90. The molecule has 2 N–H and O–H groups in total. The number of carbonyl (C=O) groups is 1. The molecule has 1 amide bonds. The fourth-order valence-corrected chi connectivity index (χ4v) is 4.28. The number of nitrogens with zero attached hydrogens (tertiary/aromatic N) is 3. The lowest BCUT2D eigenvalue weighted by Crippen LogP contribution is -2.45. The molecule has 0 spiro atoms. The van der Waals surface area contributed by atoms with Crippen molar-refractivity contribution in [3.63, 3.8) is 0 Å². The number of fused-ring (bicyclic) bond motifs is 2. The number of nitrogens with one attached hydrogen (secondary N) is 1. The highest BCUT2D eigenvalue weighted by Crippen LogP contribution is 2.52. The number of aliphatic hydroxyl groups is 1. The van der Waals surface area contributed by atoms with Crippen molar-refractivity contribution in [3.8, 4) is 0 Å². The molecule has 2 unspecified atom stereocenters. The van der Waals surface area contributed by atoms with E-state index in [-0.39, 0.29) is 11.8 Å². The summed E-state index contributed by atoms with van der Waals surface area (Å²) in [6, 6.07) is 4.03. The number of rotatable bonds is 5. The molecule has 1 saturated carbocycles. The van der Waals surface area contributed by atoms with E-state index in [0.29, 0.717) is 24.9 Å². The van der Waals surface area contributed by atoms with Gasteiger partial charge in [-0.25, -0.2) is 4.98 Å². The summed E-state index contributed by atoms with van der Waals surface area (Å²) in [5.74, 6) is 0.703. The molecule has 3 heterocycles. The molecule has 4 atom stereocenters. The minimum atomic E-state index is -0.908. The number of amides is 1. The minimum Gasteiger partial charge on any atom is -0.356 e. The second-order valence-corrected chi connectivity index (χ2v) is 9.59. The van der Waals surface area contributed by atoms with Gasteiger partial charge in [-0.3, -0.25) is 9.69 Å². The number of aliphatic hydroxyl groups excluding tert-OH is 1. The topological polar surface area (TPSA) is 79.1 Å². The maximum atomic E-state index is 12.9. The van der Waals surface area contributed by atoms with Crippen LogP contribution in [0, 0.1) is 17.8 Å². The van der Waals surface area contributed by atoms with Crippen LogP contribution in [-0.2, 0) is 15.1 Å². The molecule has 2 aromatic heterocycles. The third-order valence-corrected chi connectivity index (χ3v) is 5.85. The smallest absolute Gasteiger partial charge is 0.224 e. The molecule has 7 heteroatoms. The fraction of sp³-hybridized carbons (Fsp3) is 0.619. The molecule has 2 fully saturated rings. The number of hydrogen-bond acceptors (Lipinski definition) is 5. The summed E-state index contributed by atoms with van der Waals surface area (Å²) in [4.78, 5) is 19.1. The maximum absolute atomic E-state index is 12.9. The van der Waals surface area contributed by atoms with Gasteiger partial charge in [-0.1, -0.05) is 0 Å². The monoisotopic (exact) mass is 386 g/mol. The molecule has 4 rings (SSSR count). The quantitative estimate of drug-likeness (QED) is 0.768. The van der Waals surface area contributed by atoms with Crippen LogP contribution in [0.3, 0.4) is 0 Å². The van der Waals surface area contributed by atoms with E-state index in [1.165, 1.54) is 0 Å². The zero-order chi connectivity index (χ0) is 20.3. The molecule has 0 bridgehead atoms. The number of imidazole rings is 1. The van der Waals surface area contributed by atoms with Crippen molar-refractivity contribution in [2.45, 2.75) is 52.2 Å². The molecule has 28 heavy (non-hydrogen) atoms. The second-order valence-electron chi connectivity index (χ2n) is 9.59. The van der Waals surface area contributed by atoms with Crippen LogP contribution >= 0.6 is 0 Å². The van der Waals surface area contributed by atoms with Crippen LogP contribution in [0.15, 0.2) is 30.7 Å². The lowest BCUT2D eigenvalue weighted by Gasteiger charge is -2.31. The van der Waals surface area contributed by atoms with Crippen LogP contribution in [-0.4, -0.2) is 50.4 Å². The van der Waals surface area contributed by atoms with Crippen molar-refractivity contribution in [1.82, 2.24) is 19.6 Å². The van der Waals surface area contributed by atoms with Gasteiger partial charge in [0.05, 0.1) is 11.1 Å². The van der Waals surface area contributed by atoms with Crippen LogP contribution < -0.4 is 5.32 Å². The fourth-order valence-electron chi connectivity index (χ4n) is 4.28. The van der Waals surface area contributed by atoms with Crippen molar-refractivity contribution in [1.29, 1.82) is 0 Å². The third-order valence-electron chi connectivity index (χ3n) is 5.85. The van der Waals surface area contributed by atoms with Gasteiger partial charge >= 0.3 is 0 Å². The van der Waals surface area contributed by atoms with Gasteiger partial charge in [0.2, 0.25) is 12.3 Å². The summed E-state index contributed by atoms with van der Waals surface area (Å²) in [5, 5.41) is 13.5. The van der Waals surface area contributed by atoms with Gasteiger partial charge in [0.15, 0.2) is 0 Å². The average Bonchev–Trinajstić information content (AvgIpc) is 2.96. The summed E-state index contributed by atoms with van der Waals surface area (Å²) in [6.07, 6.45) is 4.72. The Labute approximate surface area is 165 Å². The molecule has 1 aliphatic carbocycles. The number of carbonyl (C=O) groups excluding carboxylic acids is 1. The predicted octanol–water partition coefficient (Wildman–Crippen LogP) is 1.95. The first-order valence-electron chi connectivity index (χ1n) is 9.90. The van der Waals surface area contributed by atoms with Gasteiger partial charge in [-0.15, -0.1) is 0 Å². The molecule has 7 nitrogen and oxygen atoms in total. The van der Waals surface area contributed by atoms with Gasteiger partial charge in [0.25, 0.3) is 0 Å². The van der Waals surface area contributed by atoms with E-state index in [9.17, 15) is 9.90 Å². The van der Waals surface area contributed by atoms with Crippen LogP contribution in [0.25, 0.3) is 5.65 Å². The summed E-state index contributed by atoms with van der Waals surface area (Å²) in [5.41, 5.74) is 1.02. The summed E-state index contributed by atoms with van der Waals surface area (Å²) in [6.45, 7) is 11.2. The van der Waals surface area contributed by atoms with Crippen LogP contribution in [0.5, 0.6) is 0 Å². The molecule has 1 saturated heterocycles. The normalized spacial score (nSPS) is 26.3. The van der Waals surface area contributed by atoms with Crippen LogP contribution in [0.2, 0.25) is 0 Å². The predicted molar refractivity (Wildman–Crippen MR) is 105 cm³/mol. The van der Waals surface area contributed by atoms with Gasteiger partial charge in [0.1, 0.15) is 5.65 Å². The average molecular weight is 386 g/mol. The zero-order valence-electron chi connectivity index (χ0n) is 17.2. The lowest BCUT2D eigenvalue weighted by molar-refractivity contribution is -0.236. The van der Waals surface area contributed by atoms with Crippen LogP contribution in [0.4, 0.5) is 0 Å². The molecule has 0 radical (unpaired) electrons. The maximum Gasteiger partial charge on any atom is 0.224 e. The molecule has 1 aliphatic heterocycles. The molecule has 2 aromatic rings. The Morgan fingerprint density at radius 1 is 1.25 bits per heavy atom. The number of aromatic nitrogens is 2. The van der Waals surface area contributed by atoms with E-state index in [4.69, 9.17) is 4.74 Å². The Hall–Kier alpha value is -1.96. The molecule has 0 aromatic carbocycles. The van der Waals surface area contributed by atoms with E-state index >= 15 is 0 Å². The molecular formula is C21H30N4O3. The minimum absolute atomic E-state index is 0.0209. The number of likely N-dealkylation sites (tertiary alicyclic amines) is 1. The highest BCUT2D eigenvalue weighted by Gasteiger charge is 2.60. The zero-order valence-corrected chi connectivity index (χ0v) is 17.2. The molecule has 2 aliphatic rings. The largest absolute Gasteiger partial charge is 0.356 e. The van der Waals surface area contributed by atoms with Gasteiger partial charge in [-0.05, 0) is 64.2 Å². The number of hydrogen-bond donors (Lipinski definition) is 2. The Morgan fingerprint density at radius 2 is 1.93 bits per heavy atom. The van der Waals surface area contributed by atoms with E-state index < -0.39 is 17.6 Å². The number of piperidine rings is 1. The Balaban J connectivity index is 1.35. The van der Waals surface area contributed by atoms with Gasteiger partial charge < -0.3 is 19.6 Å². The highest BCUT2D eigenvalue weighted by molar-refractivity contribution is 5.83. The number of ether oxygens (including phenoxy) is 1. The van der Waals surface area contributed by atoms with E-state index in [2.05, 4.69) is 10.3 Å². The summed E-state index contributed by atoms with van der Waals surface area (Å²) in [7, 11) is 0. The Kier molecular flexibility index (Phi) is 4.52. The van der Waals surface area contributed by atoms with Crippen molar-refractivity contribution in [3.05, 3.63) is 36.3 Å². The van der Waals surface area contributed by atoms with E-state index in [0.717, 1.165) is 11.2 Å². The first kappa shape index (κ1) is 19.4. The van der Waals surface area contributed by atoms with Crippen molar-refractivity contribution in [2.75, 3.05) is 13.1 Å². The summed E-state index contributed by atoms with van der Waals surface area (Å²) < 4.78 is 7.58. The number of pyridine rings is 1. The lowest BCUT2D eigenvalue weighted by atomic mass is 9.94. The SMILES string of the molecule is CC(C)(C)OC(O)N1C[C@@H]2C(C(=O)NC(C)(C)c3ccn4ccnc4c3)[C@@H]2C1. The third kappa shape index (κ3) is 3.66. The van der Waals surface area contributed by atoms with Crippen molar-refractivity contribution in [2.24, 2.45) is 17.8 Å². The highest BCUT2D eigenvalue weighted by atomic mass is 16.6. The van der Waals surface area contributed by atoms with Gasteiger partial charge in [0, 0.05) is 37.6 Å². The molecular weight excluding hydrogens is 356 g/mol. The first-order chi connectivity index (χ1) is 13.0. The van der Waals surface area contributed by atoms with E-state index in [1.54, 1.807) is 6.20 Å². The standard InChI is InChI=1S/C21H30N4O3/c1-20(2,3)28-19(27)25-11-14-15(12-25)17(14)18(26)23-21(4,5)13-6-8-24-9-7-22-16(24)10-13/h6-10,14-15,17,19,27H,11-12H2,1-5H3,(H,23,26)/t14-,15+,17?,19?. The van der Waals surface area contributed by atoms with Gasteiger partial charge in [-0.2, -0.15) is 0 Å². The second kappa shape index (κ2) is 6.54. The van der Waals surface area contributed by atoms with Crippen molar-refractivity contribution < 1.29 is 14.6 Å². The van der Waals surface area contributed by atoms with E-state index in [1.807, 2.05) is 68.4 Å². The Bertz CT molecular complexity index is 873. The van der Waals surface area contributed by atoms with Crippen LogP contribution in [0.1, 0.15) is 40.2 Å². The molecule has 152 valence electrons.